The summed E-state index contributed by atoms with van der Waals surface area (Å²) in [6.07, 6.45) is -4.37. The number of carbonyl (C=O) groups excluding carboxylic acids is 1. The minimum absolute atomic E-state index is 0.447. The van der Waals surface area contributed by atoms with Crippen molar-refractivity contribution in [3.63, 3.8) is 0 Å². The van der Waals surface area contributed by atoms with Crippen molar-refractivity contribution in [3.05, 3.63) is 35.4 Å². The number of alkyl halides is 3. The van der Waals surface area contributed by atoms with Crippen LogP contribution >= 0.6 is 0 Å². The Labute approximate surface area is 101 Å². The van der Waals surface area contributed by atoms with Crippen LogP contribution in [-0.4, -0.2) is 24.3 Å². The molecule has 0 radical (unpaired) electrons. The van der Waals surface area contributed by atoms with Crippen LogP contribution in [0.15, 0.2) is 29.3 Å². The van der Waals surface area contributed by atoms with Crippen LogP contribution in [0.4, 0.5) is 13.2 Å². The summed E-state index contributed by atoms with van der Waals surface area (Å²) in [5, 5.41) is 0. The number of esters is 1. The molecule has 96 valence electrons. The van der Waals surface area contributed by atoms with Crippen molar-refractivity contribution in [1.82, 2.24) is 0 Å². The molecule has 0 amide bonds. The fourth-order valence-electron chi connectivity index (χ4n) is 1.70. The molecular weight excluding hydrogens is 247 g/mol. The molecule has 2 rings (SSSR count). The highest BCUT2D eigenvalue weighted by molar-refractivity contribution is 6.28. The first-order chi connectivity index (χ1) is 8.29. The predicted molar refractivity (Wildman–Crippen MR) is 58.4 cm³/mol. The van der Waals surface area contributed by atoms with Gasteiger partial charge in [-0.3, -0.25) is 4.99 Å². The van der Waals surface area contributed by atoms with E-state index in [0.29, 0.717) is 11.3 Å². The molecule has 1 aromatic carbocycles. The number of nitrogens with zero attached hydrogens (tertiary/aromatic N) is 1. The zero-order valence-electron chi connectivity index (χ0n) is 9.71. The van der Waals surface area contributed by atoms with E-state index in [0.717, 1.165) is 12.1 Å². The van der Waals surface area contributed by atoms with Crippen LogP contribution in [0.5, 0.6) is 0 Å². The van der Waals surface area contributed by atoms with Crippen LogP contribution in [0.3, 0.4) is 0 Å². The van der Waals surface area contributed by atoms with Crippen molar-refractivity contribution in [1.29, 1.82) is 0 Å². The van der Waals surface area contributed by atoms with Gasteiger partial charge in [0, 0.05) is 0 Å². The van der Waals surface area contributed by atoms with Crippen LogP contribution in [0, 0.1) is 0 Å². The molecule has 0 bridgehead atoms. The maximum Gasteiger partial charge on any atom is 0.416 e. The maximum atomic E-state index is 12.4. The van der Waals surface area contributed by atoms with E-state index in [-0.39, 0.29) is 0 Å². The number of hydrogen-bond acceptors (Lipinski definition) is 3. The van der Waals surface area contributed by atoms with Crippen LogP contribution in [0.2, 0.25) is 0 Å². The van der Waals surface area contributed by atoms with Crippen molar-refractivity contribution in [2.75, 3.05) is 7.11 Å². The van der Waals surface area contributed by atoms with E-state index >= 15 is 0 Å². The summed E-state index contributed by atoms with van der Waals surface area (Å²) in [6.45, 7) is 1.56. The van der Waals surface area contributed by atoms with Gasteiger partial charge in [0.15, 0.2) is 5.54 Å². The molecule has 0 spiro atoms. The van der Waals surface area contributed by atoms with Gasteiger partial charge in [0.25, 0.3) is 0 Å². The lowest BCUT2D eigenvalue weighted by Gasteiger charge is -2.08. The quantitative estimate of drug-likeness (QED) is 0.763. The van der Waals surface area contributed by atoms with Gasteiger partial charge in [0.1, 0.15) is 0 Å². The number of hydrogen-bond donors (Lipinski definition) is 0. The first-order valence-corrected chi connectivity index (χ1v) is 5.15. The monoisotopic (exact) mass is 257 g/mol. The number of benzene rings is 1. The van der Waals surface area contributed by atoms with Crippen molar-refractivity contribution >= 4 is 11.7 Å². The van der Waals surface area contributed by atoms with E-state index in [1.165, 1.54) is 19.2 Å². The van der Waals surface area contributed by atoms with Gasteiger partial charge in [-0.25, -0.2) is 4.79 Å². The fourth-order valence-corrected chi connectivity index (χ4v) is 1.70. The lowest BCUT2D eigenvalue weighted by molar-refractivity contribution is -0.142. The van der Waals surface area contributed by atoms with E-state index in [4.69, 9.17) is 0 Å². The molecule has 1 atom stereocenters. The number of ether oxygens (including phenoxy) is 1. The Hall–Kier alpha value is -1.85. The second-order valence-corrected chi connectivity index (χ2v) is 4.10. The van der Waals surface area contributed by atoms with E-state index in [1.807, 2.05) is 0 Å². The van der Waals surface area contributed by atoms with Gasteiger partial charge in [-0.1, -0.05) is 12.1 Å². The van der Waals surface area contributed by atoms with Gasteiger partial charge in [-0.2, -0.15) is 13.2 Å². The van der Waals surface area contributed by atoms with Crippen LogP contribution in [0.1, 0.15) is 18.1 Å². The molecule has 0 N–H and O–H groups in total. The normalized spacial score (nSPS) is 22.4. The lowest BCUT2D eigenvalue weighted by Crippen LogP contribution is -2.28. The second-order valence-electron chi connectivity index (χ2n) is 4.10. The third-order valence-corrected chi connectivity index (χ3v) is 2.82. The Morgan fingerprint density at radius 2 is 1.83 bits per heavy atom. The summed E-state index contributed by atoms with van der Waals surface area (Å²) >= 11 is 0. The van der Waals surface area contributed by atoms with Crippen molar-refractivity contribution in [2.45, 2.75) is 18.6 Å². The molecule has 0 saturated heterocycles. The largest absolute Gasteiger partial charge is 0.467 e. The molecule has 0 saturated carbocycles. The van der Waals surface area contributed by atoms with Crippen molar-refractivity contribution in [3.8, 4) is 0 Å². The number of rotatable bonds is 2. The van der Waals surface area contributed by atoms with Crippen molar-refractivity contribution < 1.29 is 22.7 Å². The zero-order valence-corrected chi connectivity index (χ0v) is 9.71. The molecule has 1 aliphatic rings. The number of carbonyl (C=O) groups is 1. The standard InChI is InChI=1S/C12H10F3NO2/c1-11(10(17)18-2)9(16-11)7-3-5-8(6-4-7)12(13,14)15/h3-6H,1-2H3/t11-/m1/s1. The molecule has 18 heavy (non-hydrogen) atoms. The van der Waals surface area contributed by atoms with E-state index < -0.39 is 23.2 Å². The highest BCUT2D eigenvalue weighted by atomic mass is 19.4. The third-order valence-electron chi connectivity index (χ3n) is 2.82. The average molecular weight is 257 g/mol. The van der Waals surface area contributed by atoms with Crippen LogP contribution in [-0.2, 0) is 15.7 Å². The Morgan fingerprint density at radius 3 is 2.28 bits per heavy atom. The van der Waals surface area contributed by atoms with Gasteiger partial charge in [0.2, 0.25) is 0 Å². The first-order valence-electron chi connectivity index (χ1n) is 5.15. The molecule has 1 aliphatic heterocycles. The number of halogens is 3. The highest BCUT2D eigenvalue weighted by Crippen LogP contribution is 2.35. The summed E-state index contributed by atoms with van der Waals surface area (Å²) in [6, 6.07) is 4.54. The third kappa shape index (κ3) is 1.98. The SMILES string of the molecule is COC(=O)[C@]1(C)N=C1c1ccc(C(F)(F)F)cc1. The topological polar surface area (TPSA) is 38.7 Å². The summed E-state index contributed by atoms with van der Waals surface area (Å²) < 4.78 is 41.7. The van der Waals surface area contributed by atoms with E-state index in [2.05, 4.69) is 9.73 Å². The number of aliphatic imine (C=N–C) groups is 1. The summed E-state index contributed by atoms with van der Waals surface area (Å²) in [5.74, 6) is -0.516. The zero-order chi connectivity index (χ0) is 13.6. The van der Waals surface area contributed by atoms with Crippen LogP contribution in [0.25, 0.3) is 0 Å². The maximum absolute atomic E-state index is 12.4. The lowest BCUT2D eigenvalue weighted by atomic mass is 9.99. The smallest absolute Gasteiger partial charge is 0.416 e. The van der Waals surface area contributed by atoms with Crippen LogP contribution < -0.4 is 0 Å². The molecular formula is C12H10F3NO2. The summed E-state index contributed by atoms with van der Waals surface area (Å²) in [7, 11) is 1.24. The second kappa shape index (κ2) is 3.83. The van der Waals surface area contributed by atoms with Gasteiger partial charge >= 0.3 is 12.1 Å². The average Bonchev–Trinajstić information content (AvgIpc) is 3.01. The van der Waals surface area contributed by atoms with Gasteiger partial charge < -0.3 is 4.74 Å². The van der Waals surface area contributed by atoms with Crippen molar-refractivity contribution in [2.24, 2.45) is 4.99 Å². The van der Waals surface area contributed by atoms with Gasteiger partial charge in [-0.05, 0) is 24.6 Å². The fraction of sp³-hybridized carbons (Fsp3) is 0.333. The summed E-state index contributed by atoms with van der Waals surface area (Å²) in [4.78, 5) is 15.4. The molecule has 0 aliphatic carbocycles. The molecule has 6 heteroatoms. The predicted octanol–water partition coefficient (Wildman–Crippen LogP) is 2.44. The summed E-state index contributed by atoms with van der Waals surface area (Å²) in [5.41, 5.74) is -0.833. The molecule has 0 fully saturated rings. The minimum Gasteiger partial charge on any atom is -0.467 e. The molecule has 3 nitrogen and oxygen atoms in total. The minimum atomic E-state index is -4.37. The highest BCUT2D eigenvalue weighted by Gasteiger charge is 2.51. The van der Waals surface area contributed by atoms with E-state index in [9.17, 15) is 18.0 Å². The molecule has 0 unspecified atom stereocenters. The Morgan fingerprint density at radius 1 is 1.28 bits per heavy atom. The Bertz CT molecular complexity index is 519. The first kappa shape index (κ1) is 12.6. The Balaban J connectivity index is 2.19. The molecule has 0 aromatic heterocycles. The van der Waals surface area contributed by atoms with Gasteiger partial charge in [0.05, 0.1) is 18.4 Å². The van der Waals surface area contributed by atoms with E-state index in [1.54, 1.807) is 6.92 Å². The number of methoxy groups -OCH3 is 1. The molecule has 1 aromatic rings. The molecule has 1 heterocycles. The Kier molecular flexibility index (Phi) is 2.68. The van der Waals surface area contributed by atoms with Gasteiger partial charge in [-0.15, -0.1) is 0 Å².